The molecule has 1 fully saturated rings. The summed E-state index contributed by atoms with van der Waals surface area (Å²) in [7, 11) is 0. The quantitative estimate of drug-likeness (QED) is 0.714. The van der Waals surface area contributed by atoms with Crippen molar-refractivity contribution in [2.24, 2.45) is 0 Å². The van der Waals surface area contributed by atoms with Crippen LogP contribution in [0.5, 0.6) is 0 Å². The van der Waals surface area contributed by atoms with Crippen molar-refractivity contribution in [3.63, 3.8) is 0 Å². The Morgan fingerprint density at radius 2 is 1.88 bits per heavy atom. The number of rotatable bonds is 0. The number of fused-ring (bicyclic) bond motifs is 1. The van der Waals surface area contributed by atoms with Gasteiger partial charge in [-0.1, -0.05) is 25.3 Å². The smallest absolute Gasteiger partial charge is 0.148 e. The van der Waals surface area contributed by atoms with Gasteiger partial charge in [0.05, 0.1) is 11.4 Å². The molecular weight excluding hydrogens is 215 g/mol. The molecule has 1 heterocycles. The van der Waals surface area contributed by atoms with Crippen LogP contribution in [-0.2, 0) is 0 Å². The van der Waals surface area contributed by atoms with Crippen molar-refractivity contribution in [1.29, 1.82) is 0 Å². The van der Waals surface area contributed by atoms with Crippen LogP contribution in [-0.4, -0.2) is 12.1 Å². The van der Waals surface area contributed by atoms with Gasteiger partial charge in [-0.05, 0) is 31.4 Å². The topological polar surface area (TPSA) is 24.1 Å². The fourth-order valence-corrected chi connectivity index (χ4v) is 3.19. The molecule has 1 aromatic carbocycles. The summed E-state index contributed by atoms with van der Waals surface area (Å²) < 4.78 is 13.7. The number of anilines is 2. The van der Waals surface area contributed by atoms with Gasteiger partial charge < -0.3 is 10.6 Å². The maximum absolute atomic E-state index is 13.7. The minimum Gasteiger partial charge on any atom is -0.381 e. The minimum absolute atomic E-state index is 0.150. The molecular formula is C14H19FN2. The Bertz CT molecular complexity index is 411. The summed E-state index contributed by atoms with van der Waals surface area (Å²) in [5.74, 6) is -0.150. The fourth-order valence-electron chi connectivity index (χ4n) is 3.19. The van der Waals surface area contributed by atoms with Gasteiger partial charge in [0.1, 0.15) is 5.82 Å². The van der Waals surface area contributed by atoms with Crippen LogP contribution in [0, 0.1) is 5.82 Å². The molecule has 1 aliphatic carbocycles. The van der Waals surface area contributed by atoms with Crippen LogP contribution in [0.4, 0.5) is 15.8 Å². The molecule has 2 nitrogen and oxygen atoms in total. The molecule has 3 heteroatoms. The maximum Gasteiger partial charge on any atom is 0.148 e. The summed E-state index contributed by atoms with van der Waals surface area (Å²) >= 11 is 0. The van der Waals surface area contributed by atoms with Crippen LogP contribution >= 0.6 is 0 Å². The van der Waals surface area contributed by atoms with E-state index in [0.717, 1.165) is 18.7 Å². The van der Waals surface area contributed by atoms with Crippen molar-refractivity contribution in [2.75, 3.05) is 17.2 Å². The van der Waals surface area contributed by atoms with E-state index in [1.54, 1.807) is 6.07 Å². The fraction of sp³-hybridized carbons (Fsp3) is 0.571. The normalized spacial score (nSPS) is 22.2. The number of para-hydroxylation sites is 1. The highest BCUT2D eigenvalue weighted by Gasteiger charge is 2.33. The number of benzene rings is 1. The molecule has 0 aromatic heterocycles. The van der Waals surface area contributed by atoms with Crippen molar-refractivity contribution >= 4 is 11.4 Å². The summed E-state index contributed by atoms with van der Waals surface area (Å²) in [6, 6.07) is 5.28. The third-order valence-corrected chi connectivity index (χ3v) is 4.13. The Labute approximate surface area is 102 Å². The van der Waals surface area contributed by atoms with Crippen LogP contribution in [0.3, 0.4) is 0 Å². The molecule has 0 radical (unpaired) electrons. The van der Waals surface area contributed by atoms with Gasteiger partial charge >= 0.3 is 0 Å². The zero-order valence-electron chi connectivity index (χ0n) is 10.1. The first-order valence-electron chi connectivity index (χ1n) is 6.60. The van der Waals surface area contributed by atoms with Crippen molar-refractivity contribution < 1.29 is 4.39 Å². The second-order valence-electron chi connectivity index (χ2n) is 5.31. The van der Waals surface area contributed by atoms with Gasteiger partial charge in [-0.3, -0.25) is 0 Å². The first-order chi connectivity index (χ1) is 8.29. The predicted octanol–water partition coefficient (Wildman–Crippen LogP) is 3.76. The SMILES string of the molecule is Fc1cccc2c1NCCC1(CCCCC1)N2. The van der Waals surface area contributed by atoms with E-state index in [2.05, 4.69) is 10.6 Å². The Hall–Kier alpha value is -1.25. The van der Waals surface area contributed by atoms with Gasteiger partial charge in [-0.2, -0.15) is 0 Å². The molecule has 92 valence electrons. The molecule has 1 aromatic rings. The summed E-state index contributed by atoms with van der Waals surface area (Å²) in [4.78, 5) is 0. The van der Waals surface area contributed by atoms with Crippen LogP contribution in [0.15, 0.2) is 18.2 Å². The van der Waals surface area contributed by atoms with E-state index in [-0.39, 0.29) is 11.4 Å². The third kappa shape index (κ3) is 1.99. The van der Waals surface area contributed by atoms with Crippen LogP contribution in [0.25, 0.3) is 0 Å². The second kappa shape index (κ2) is 4.21. The second-order valence-corrected chi connectivity index (χ2v) is 5.31. The van der Waals surface area contributed by atoms with Gasteiger partial charge in [0.2, 0.25) is 0 Å². The minimum atomic E-state index is -0.150. The lowest BCUT2D eigenvalue weighted by Gasteiger charge is -2.38. The van der Waals surface area contributed by atoms with Crippen LogP contribution in [0.1, 0.15) is 38.5 Å². The lowest BCUT2D eigenvalue weighted by Crippen LogP contribution is -2.40. The molecule has 0 atom stereocenters. The zero-order valence-corrected chi connectivity index (χ0v) is 10.1. The number of hydrogen-bond acceptors (Lipinski definition) is 2. The Morgan fingerprint density at radius 3 is 2.71 bits per heavy atom. The van der Waals surface area contributed by atoms with E-state index < -0.39 is 0 Å². The lowest BCUT2D eigenvalue weighted by atomic mass is 9.79. The van der Waals surface area contributed by atoms with E-state index in [9.17, 15) is 4.39 Å². The number of halogens is 1. The Balaban J connectivity index is 1.93. The molecule has 1 aliphatic heterocycles. The molecule has 3 rings (SSSR count). The van der Waals surface area contributed by atoms with Gasteiger partial charge in [-0.25, -0.2) is 4.39 Å². The monoisotopic (exact) mass is 234 g/mol. The predicted molar refractivity (Wildman–Crippen MR) is 68.9 cm³/mol. The summed E-state index contributed by atoms with van der Waals surface area (Å²) in [5, 5.41) is 6.84. The van der Waals surface area contributed by atoms with Crippen molar-refractivity contribution in [1.82, 2.24) is 0 Å². The zero-order chi connectivity index (χ0) is 11.7. The standard InChI is InChI=1S/C14H19FN2/c15-11-5-4-6-12-13(11)16-10-9-14(17-12)7-2-1-3-8-14/h4-6,16-17H,1-3,7-10H2. The molecule has 1 spiro atoms. The van der Waals surface area contributed by atoms with E-state index in [0.29, 0.717) is 5.69 Å². The summed E-state index contributed by atoms with van der Waals surface area (Å²) in [6.45, 7) is 0.862. The molecule has 17 heavy (non-hydrogen) atoms. The van der Waals surface area contributed by atoms with Gasteiger partial charge in [0.15, 0.2) is 0 Å². The van der Waals surface area contributed by atoms with Crippen LogP contribution in [0.2, 0.25) is 0 Å². The summed E-state index contributed by atoms with van der Waals surface area (Å²) in [5.41, 5.74) is 1.78. The highest BCUT2D eigenvalue weighted by Crippen LogP contribution is 2.39. The van der Waals surface area contributed by atoms with E-state index >= 15 is 0 Å². The van der Waals surface area contributed by atoms with Gasteiger partial charge in [-0.15, -0.1) is 0 Å². The highest BCUT2D eigenvalue weighted by molar-refractivity contribution is 5.71. The Morgan fingerprint density at radius 1 is 1.06 bits per heavy atom. The average Bonchev–Trinajstić information content (AvgIpc) is 2.51. The van der Waals surface area contributed by atoms with Crippen molar-refractivity contribution in [3.8, 4) is 0 Å². The summed E-state index contributed by atoms with van der Waals surface area (Å²) in [6.07, 6.45) is 7.43. The molecule has 2 aliphatic rings. The van der Waals surface area contributed by atoms with E-state index in [4.69, 9.17) is 0 Å². The largest absolute Gasteiger partial charge is 0.381 e. The van der Waals surface area contributed by atoms with Gasteiger partial charge in [0, 0.05) is 12.1 Å². The third-order valence-electron chi connectivity index (χ3n) is 4.13. The van der Waals surface area contributed by atoms with Crippen molar-refractivity contribution in [3.05, 3.63) is 24.0 Å². The molecule has 1 saturated carbocycles. The highest BCUT2D eigenvalue weighted by atomic mass is 19.1. The average molecular weight is 234 g/mol. The first-order valence-corrected chi connectivity index (χ1v) is 6.60. The van der Waals surface area contributed by atoms with E-state index in [1.807, 2.05) is 6.07 Å². The van der Waals surface area contributed by atoms with Crippen molar-refractivity contribution in [2.45, 2.75) is 44.1 Å². The maximum atomic E-state index is 13.7. The lowest BCUT2D eigenvalue weighted by molar-refractivity contribution is 0.313. The molecule has 0 saturated heterocycles. The van der Waals surface area contributed by atoms with E-state index in [1.165, 1.54) is 38.2 Å². The first kappa shape index (κ1) is 10.9. The molecule has 0 unspecified atom stereocenters. The molecule has 0 bridgehead atoms. The van der Waals surface area contributed by atoms with Crippen LogP contribution < -0.4 is 10.6 Å². The number of hydrogen-bond donors (Lipinski definition) is 2. The molecule has 2 N–H and O–H groups in total. The number of nitrogens with one attached hydrogen (secondary N) is 2. The molecule has 0 amide bonds. The van der Waals surface area contributed by atoms with Gasteiger partial charge in [0.25, 0.3) is 0 Å². The Kier molecular flexibility index (Phi) is 2.69.